The number of ether oxygens (including phenoxy) is 2. The highest BCUT2D eigenvalue weighted by Crippen LogP contribution is 2.35. The van der Waals surface area contributed by atoms with Crippen molar-refractivity contribution in [3.05, 3.63) is 51.6 Å². The van der Waals surface area contributed by atoms with Gasteiger partial charge in [0.15, 0.2) is 11.5 Å². The summed E-state index contributed by atoms with van der Waals surface area (Å²) >= 11 is 2.24. The Morgan fingerprint density at radius 3 is 2.39 bits per heavy atom. The Labute approximate surface area is 149 Å². The summed E-state index contributed by atoms with van der Waals surface area (Å²) < 4.78 is 12.3. The number of halogens is 1. The molecule has 1 amide bonds. The minimum Gasteiger partial charge on any atom is -0.486 e. The first kappa shape index (κ1) is 16.1. The van der Waals surface area contributed by atoms with Gasteiger partial charge in [0.25, 0.3) is 0 Å². The first-order valence-corrected chi connectivity index (χ1v) is 8.52. The number of hydrogen-bond acceptors (Lipinski definition) is 3. The maximum absolute atomic E-state index is 12.7. The van der Waals surface area contributed by atoms with Gasteiger partial charge in [0.05, 0.1) is 5.41 Å². The summed E-state index contributed by atoms with van der Waals surface area (Å²) in [6, 6.07) is 13.4. The van der Waals surface area contributed by atoms with Crippen molar-refractivity contribution in [2.75, 3.05) is 18.5 Å². The number of hydrogen-bond donors (Lipinski definition) is 1. The first-order chi connectivity index (χ1) is 11.0. The molecule has 3 rings (SSSR count). The van der Waals surface area contributed by atoms with Crippen LogP contribution in [0, 0.1) is 3.57 Å². The van der Waals surface area contributed by atoms with E-state index in [1.54, 1.807) is 0 Å². The molecule has 0 aliphatic carbocycles. The summed E-state index contributed by atoms with van der Waals surface area (Å²) in [6.45, 7) is 4.90. The van der Waals surface area contributed by atoms with E-state index in [1.807, 2.05) is 56.3 Å². The molecule has 2 aromatic carbocycles. The van der Waals surface area contributed by atoms with E-state index in [2.05, 4.69) is 27.9 Å². The maximum atomic E-state index is 12.7. The van der Waals surface area contributed by atoms with Gasteiger partial charge in [-0.05, 0) is 78.4 Å². The Kier molecular flexibility index (Phi) is 4.48. The van der Waals surface area contributed by atoms with E-state index < -0.39 is 5.41 Å². The number of rotatable bonds is 3. The van der Waals surface area contributed by atoms with E-state index in [-0.39, 0.29) is 5.91 Å². The lowest BCUT2D eigenvalue weighted by Gasteiger charge is -2.26. The van der Waals surface area contributed by atoms with Crippen molar-refractivity contribution in [3.8, 4) is 11.5 Å². The minimum absolute atomic E-state index is 0.0598. The number of anilines is 1. The molecule has 0 bridgehead atoms. The normalized spacial score (nSPS) is 13.5. The molecule has 1 heterocycles. The quantitative estimate of drug-likeness (QED) is 0.760. The van der Waals surface area contributed by atoms with Crippen molar-refractivity contribution >= 4 is 34.2 Å². The molecule has 0 radical (unpaired) electrons. The summed E-state index contributed by atoms with van der Waals surface area (Å²) in [7, 11) is 0. The molecular weight excluding hydrogens is 405 g/mol. The van der Waals surface area contributed by atoms with Crippen molar-refractivity contribution in [1.29, 1.82) is 0 Å². The SMILES string of the molecule is CC(C)(C(=O)Nc1ccc(I)cc1)c1ccc2c(c1)OCCO2. The minimum atomic E-state index is -0.682. The molecule has 0 unspecified atom stereocenters. The molecule has 4 nitrogen and oxygen atoms in total. The third kappa shape index (κ3) is 3.44. The first-order valence-electron chi connectivity index (χ1n) is 7.44. The van der Waals surface area contributed by atoms with Crippen LogP contribution in [0.5, 0.6) is 11.5 Å². The van der Waals surface area contributed by atoms with E-state index in [1.165, 1.54) is 0 Å². The molecular formula is C18H18INO3. The van der Waals surface area contributed by atoms with Crippen LogP contribution in [-0.4, -0.2) is 19.1 Å². The van der Waals surface area contributed by atoms with Crippen LogP contribution in [0.1, 0.15) is 19.4 Å². The molecule has 0 aromatic heterocycles. The Bertz CT molecular complexity index is 726. The Morgan fingerprint density at radius 2 is 1.70 bits per heavy atom. The number of nitrogens with one attached hydrogen (secondary N) is 1. The van der Waals surface area contributed by atoms with Crippen molar-refractivity contribution in [2.45, 2.75) is 19.3 Å². The highest BCUT2D eigenvalue weighted by Gasteiger charge is 2.31. The van der Waals surface area contributed by atoms with Gasteiger partial charge in [0, 0.05) is 9.26 Å². The number of carbonyl (C=O) groups is 1. The van der Waals surface area contributed by atoms with Gasteiger partial charge in [0.2, 0.25) is 5.91 Å². The summed E-state index contributed by atoms with van der Waals surface area (Å²) in [5, 5.41) is 2.97. The Morgan fingerprint density at radius 1 is 1.04 bits per heavy atom. The molecule has 0 spiro atoms. The van der Waals surface area contributed by atoms with Gasteiger partial charge in [0.1, 0.15) is 13.2 Å². The fourth-order valence-corrected chi connectivity index (χ4v) is 2.74. The van der Waals surface area contributed by atoms with Crippen LogP contribution in [0.25, 0.3) is 0 Å². The molecule has 1 N–H and O–H groups in total. The molecule has 2 aromatic rings. The number of amides is 1. The highest BCUT2D eigenvalue weighted by atomic mass is 127. The second kappa shape index (κ2) is 6.39. The van der Waals surface area contributed by atoms with Gasteiger partial charge >= 0.3 is 0 Å². The molecule has 0 saturated carbocycles. The number of carbonyl (C=O) groups excluding carboxylic acids is 1. The molecule has 5 heteroatoms. The zero-order valence-electron chi connectivity index (χ0n) is 13.1. The maximum Gasteiger partial charge on any atom is 0.234 e. The Hall–Kier alpha value is -1.76. The fraction of sp³-hybridized carbons (Fsp3) is 0.278. The lowest BCUT2D eigenvalue weighted by atomic mass is 9.83. The van der Waals surface area contributed by atoms with Crippen molar-refractivity contribution in [2.24, 2.45) is 0 Å². The largest absolute Gasteiger partial charge is 0.486 e. The Balaban J connectivity index is 1.82. The molecule has 0 saturated heterocycles. The zero-order chi connectivity index (χ0) is 16.4. The van der Waals surface area contributed by atoms with Crippen molar-refractivity contribution < 1.29 is 14.3 Å². The highest BCUT2D eigenvalue weighted by molar-refractivity contribution is 14.1. The van der Waals surface area contributed by atoms with E-state index in [0.29, 0.717) is 19.0 Å². The molecule has 0 atom stereocenters. The summed E-state index contributed by atoms with van der Waals surface area (Å²) in [6.07, 6.45) is 0. The van der Waals surface area contributed by atoms with Gasteiger partial charge in [-0.1, -0.05) is 6.07 Å². The molecule has 0 fully saturated rings. The lowest BCUT2D eigenvalue weighted by Crippen LogP contribution is -2.34. The molecule has 1 aliphatic rings. The zero-order valence-corrected chi connectivity index (χ0v) is 15.2. The standard InChI is InChI=1S/C18H18INO3/c1-18(2,17(21)20-14-6-4-13(19)5-7-14)12-3-8-15-16(11-12)23-10-9-22-15/h3-8,11H,9-10H2,1-2H3,(H,20,21). The second-order valence-corrected chi connectivity index (χ2v) is 7.19. The van der Waals surface area contributed by atoms with Crippen LogP contribution < -0.4 is 14.8 Å². The lowest BCUT2D eigenvalue weighted by molar-refractivity contribution is -0.120. The van der Waals surface area contributed by atoms with Gasteiger partial charge in [-0.3, -0.25) is 4.79 Å². The van der Waals surface area contributed by atoms with E-state index in [0.717, 1.165) is 20.6 Å². The van der Waals surface area contributed by atoms with E-state index in [9.17, 15) is 4.79 Å². The van der Waals surface area contributed by atoms with Crippen LogP contribution in [0.15, 0.2) is 42.5 Å². The topological polar surface area (TPSA) is 47.6 Å². The number of benzene rings is 2. The van der Waals surface area contributed by atoms with Crippen LogP contribution >= 0.6 is 22.6 Å². The van der Waals surface area contributed by atoms with Crippen molar-refractivity contribution in [1.82, 2.24) is 0 Å². The van der Waals surface area contributed by atoms with Gasteiger partial charge in [-0.15, -0.1) is 0 Å². The molecule has 23 heavy (non-hydrogen) atoms. The molecule has 120 valence electrons. The summed E-state index contributed by atoms with van der Waals surface area (Å²) in [4.78, 5) is 12.7. The summed E-state index contributed by atoms with van der Waals surface area (Å²) in [5.74, 6) is 1.37. The average Bonchev–Trinajstić information content (AvgIpc) is 2.56. The second-order valence-electron chi connectivity index (χ2n) is 5.94. The fourth-order valence-electron chi connectivity index (χ4n) is 2.38. The van der Waals surface area contributed by atoms with Crippen LogP contribution in [0.3, 0.4) is 0 Å². The molecule has 1 aliphatic heterocycles. The van der Waals surface area contributed by atoms with Gasteiger partial charge < -0.3 is 14.8 Å². The smallest absolute Gasteiger partial charge is 0.234 e. The van der Waals surface area contributed by atoms with E-state index >= 15 is 0 Å². The van der Waals surface area contributed by atoms with Crippen molar-refractivity contribution in [3.63, 3.8) is 0 Å². The third-order valence-corrected chi connectivity index (χ3v) is 4.65. The average molecular weight is 423 g/mol. The third-order valence-electron chi connectivity index (χ3n) is 3.93. The van der Waals surface area contributed by atoms with E-state index in [4.69, 9.17) is 9.47 Å². The van der Waals surface area contributed by atoms with Crippen LogP contribution in [0.4, 0.5) is 5.69 Å². The van der Waals surface area contributed by atoms with Gasteiger partial charge in [-0.25, -0.2) is 0 Å². The summed E-state index contributed by atoms with van der Waals surface area (Å²) in [5.41, 5.74) is 1.00. The number of fused-ring (bicyclic) bond motifs is 1. The van der Waals surface area contributed by atoms with Crippen LogP contribution in [0.2, 0.25) is 0 Å². The predicted molar refractivity (Wildman–Crippen MR) is 98.2 cm³/mol. The predicted octanol–water partition coefficient (Wildman–Crippen LogP) is 3.98. The van der Waals surface area contributed by atoms with Crippen LogP contribution in [-0.2, 0) is 10.2 Å². The van der Waals surface area contributed by atoms with Gasteiger partial charge in [-0.2, -0.15) is 0 Å². The monoisotopic (exact) mass is 423 g/mol.